The molecule has 2 aromatic rings. The van der Waals surface area contributed by atoms with E-state index in [4.69, 9.17) is 16.3 Å². The summed E-state index contributed by atoms with van der Waals surface area (Å²) in [6.07, 6.45) is 0. The molecule has 0 amide bonds. The lowest BCUT2D eigenvalue weighted by Crippen LogP contribution is -2.01. The summed E-state index contributed by atoms with van der Waals surface area (Å²) >= 11 is 5.78. The summed E-state index contributed by atoms with van der Waals surface area (Å²) in [7, 11) is 0. The van der Waals surface area contributed by atoms with Crippen LogP contribution in [0.4, 0.5) is 5.69 Å². The summed E-state index contributed by atoms with van der Waals surface area (Å²) in [5.74, 6) is -0.109. The van der Waals surface area contributed by atoms with Gasteiger partial charge in [0.05, 0.1) is 4.92 Å². The highest BCUT2D eigenvalue weighted by molar-refractivity contribution is 6.30. The lowest BCUT2D eigenvalue weighted by atomic mass is 10.1. The Hall–Kier alpha value is -2.40. The van der Waals surface area contributed by atoms with Gasteiger partial charge in [-0.1, -0.05) is 23.7 Å². The van der Waals surface area contributed by atoms with Gasteiger partial charge in [0, 0.05) is 16.7 Å². The zero-order valence-corrected chi connectivity index (χ0v) is 12.0. The Kier molecular flexibility index (Phi) is 4.55. The first kappa shape index (κ1) is 15.0. The van der Waals surface area contributed by atoms with Crippen LogP contribution in [0, 0.1) is 10.1 Å². The molecule has 0 saturated carbocycles. The summed E-state index contributed by atoms with van der Waals surface area (Å²) < 4.78 is 5.46. The second-order valence-corrected chi connectivity index (χ2v) is 4.85. The van der Waals surface area contributed by atoms with E-state index >= 15 is 0 Å². The fourth-order valence-electron chi connectivity index (χ4n) is 1.74. The van der Waals surface area contributed by atoms with Crippen molar-refractivity contribution in [1.29, 1.82) is 0 Å². The number of hydrogen-bond acceptors (Lipinski definition) is 4. The Morgan fingerprint density at radius 1 is 1.24 bits per heavy atom. The number of ether oxygens (including phenoxy) is 1. The van der Waals surface area contributed by atoms with E-state index < -0.39 is 4.92 Å². The molecule has 0 saturated heterocycles. The fourth-order valence-corrected chi connectivity index (χ4v) is 1.87. The van der Waals surface area contributed by atoms with E-state index in [2.05, 4.69) is 0 Å². The maximum absolute atomic E-state index is 11.3. The Bertz CT molecular complexity index is 683. The normalized spacial score (nSPS) is 10.2. The number of halogens is 1. The van der Waals surface area contributed by atoms with Crippen LogP contribution in [0.3, 0.4) is 0 Å². The summed E-state index contributed by atoms with van der Waals surface area (Å²) in [6.45, 7) is 1.53. The first-order chi connectivity index (χ1) is 9.97. The van der Waals surface area contributed by atoms with Crippen LogP contribution in [0.2, 0.25) is 5.02 Å². The van der Waals surface area contributed by atoms with Crippen molar-refractivity contribution in [3.05, 3.63) is 68.7 Å². The predicted octanol–water partition coefficient (Wildman–Crippen LogP) is 4.03. The summed E-state index contributed by atoms with van der Waals surface area (Å²) in [5, 5.41) is 11.7. The zero-order valence-electron chi connectivity index (χ0n) is 11.2. The van der Waals surface area contributed by atoms with E-state index in [9.17, 15) is 14.9 Å². The van der Waals surface area contributed by atoms with Crippen LogP contribution in [0.25, 0.3) is 0 Å². The third-order valence-electron chi connectivity index (χ3n) is 2.87. The first-order valence-electron chi connectivity index (χ1n) is 6.14. The minimum atomic E-state index is -0.566. The number of carbonyl (C=O) groups is 1. The number of rotatable bonds is 5. The number of nitro benzene ring substituents is 1. The molecule has 5 nitrogen and oxygen atoms in total. The van der Waals surface area contributed by atoms with Gasteiger partial charge in [0.25, 0.3) is 0 Å². The van der Waals surface area contributed by atoms with Gasteiger partial charge in [-0.3, -0.25) is 14.9 Å². The molecule has 0 bridgehead atoms. The van der Waals surface area contributed by atoms with Gasteiger partial charge < -0.3 is 4.74 Å². The smallest absolute Gasteiger partial charge is 0.311 e. The van der Waals surface area contributed by atoms with Gasteiger partial charge in [0.2, 0.25) is 0 Å². The average Bonchev–Trinajstić information content (AvgIpc) is 2.46. The summed E-state index contributed by atoms with van der Waals surface area (Å²) in [5.41, 5.74) is 0.890. The van der Waals surface area contributed by atoms with E-state index in [1.165, 1.54) is 25.1 Å². The average molecular weight is 306 g/mol. The Balaban J connectivity index is 2.21. The maximum Gasteiger partial charge on any atom is 0.311 e. The molecular weight excluding hydrogens is 294 g/mol. The van der Waals surface area contributed by atoms with Crippen molar-refractivity contribution in [1.82, 2.24) is 0 Å². The van der Waals surface area contributed by atoms with Crippen molar-refractivity contribution < 1.29 is 14.5 Å². The third kappa shape index (κ3) is 3.79. The molecule has 0 aliphatic rings. The Morgan fingerprint density at radius 2 is 1.90 bits per heavy atom. The predicted molar refractivity (Wildman–Crippen MR) is 78.9 cm³/mol. The molecule has 6 heteroatoms. The highest BCUT2D eigenvalue weighted by Crippen LogP contribution is 2.29. The minimum absolute atomic E-state index is 0.125. The van der Waals surface area contributed by atoms with Crippen LogP contribution in [0.1, 0.15) is 22.8 Å². The van der Waals surface area contributed by atoms with E-state index in [0.29, 0.717) is 5.02 Å². The molecule has 2 aromatic carbocycles. The lowest BCUT2D eigenvalue weighted by molar-refractivity contribution is -0.386. The number of nitrogens with zero attached hydrogens (tertiary/aromatic N) is 1. The van der Waals surface area contributed by atoms with Crippen LogP contribution in [0.5, 0.6) is 5.75 Å². The van der Waals surface area contributed by atoms with Gasteiger partial charge in [-0.2, -0.15) is 0 Å². The highest BCUT2D eigenvalue weighted by atomic mass is 35.5. The molecule has 2 rings (SSSR count). The lowest BCUT2D eigenvalue weighted by Gasteiger charge is -2.08. The number of hydrogen-bond donors (Lipinski definition) is 0. The number of carbonyl (C=O) groups excluding carboxylic acids is 1. The third-order valence-corrected chi connectivity index (χ3v) is 3.12. The van der Waals surface area contributed by atoms with Crippen molar-refractivity contribution >= 4 is 23.1 Å². The Morgan fingerprint density at radius 3 is 2.48 bits per heavy atom. The van der Waals surface area contributed by atoms with Gasteiger partial charge in [-0.05, 0) is 36.8 Å². The monoisotopic (exact) mass is 305 g/mol. The molecule has 0 aliphatic carbocycles. The molecule has 0 heterocycles. The molecule has 0 aromatic heterocycles. The number of benzene rings is 2. The molecule has 0 N–H and O–H groups in total. The summed E-state index contributed by atoms with van der Waals surface area (Å²) in [4.78, 5) is 21.8. The molecule has 108 valence electrons. The molecule has 0 atom stereocenters. The second kappa shape index (κ2) is 6.37. The molecule has 0 fully saturated rings. The minimum Gasteiger partial charge on any atom is -0.482 e. The zero-order chi connectivity index (χ0) is 15.4. The quantitative estimate of drug-likeness (QED) is 0.475. The fraction of sp³-hybridized carbons (Fsp3) is 0.133. The number of ketones is 1. The van der Waals surface area contributed by atoms with Gasteiger partial charge in [0.15, 0.2) is 11.5 Å². The SMILES string of the molecule is CC(=O)c1ccc(OCc2ccc(Cl)cc2)c([N+](=O)[O-])c1. The van der Waals surface area contributed by atoms with Crippen LogP contribution < -0.4 is 4.74 Å². The van der Waals surface area contributed by atoms with Crippen molar-refractivity contribution in [2.24, 2.45) is 0 Å². The Labute approximate surface area is 126 Å². The van der Waals surface area contributed by atoms with E-state index in [1.54, 1.807) is 24.3 Å². The largest absolute Gasteiger partial charge is 0.482 e. The summed E-state index contributed by atoms with van der Waals surface area (Å²) in [6, 6.07) is 11.1. The van der Waals surface area contributed by atoms with Crippen LogP contribution in [-0.4, -0.2) is 10.7 Å². The van der Waals surface area contributed by atoms with E-state index in [1.807, 2.05) is 0 Å². The van der Waals surface area contributed by atoms with Gasteiger partial charge in [-0.15, -0.1) is 0 Å². The molecule has 0 aliphatic heterocycles. The van der Waals surface area contributed by atoms with Gasteiger partial charge in [-0.25, -0.2) is 0 Å². The van der Waals surface area contributed by atoms with Crippen LogP contribution in [-0.2, 0) is 6.61 Å². The molecular formula is C15H12ClNO4. The molecule has 21 heavy (non-hydrogen) atoms. The molecule has 0 unspecified atom stereocenters. The van der Waals surface area contributed by atoms with E-state index in [-0.39, 0.29) is 29.4 Å². The standard InChI is InChI=1S/C15H12ClNO4/c1-10(18)12-4-7-15(14(8-12)17(19)20)21-9-11-2-5-13(16)6-3-11/h2-8H,9H2,1H3. The van der Waals surface area contributed by atoms with Gasteiger partial charge in [0.1, 0.15) is 6.61 Å². The van der Waals surface area contributed by atoms with E-state index in [0.717, 1.165) is 5.56 Å². The van der Waals surface area contributed by atoms with Crippen molar-refractivity contribution in [3.63, 3.8) is 0 Å². The first-order valence-corrected chi connectivity index (χ1v) is 6.52. The van der Waals surface area contributed by atoms with Crippen LogP contribution in [0.15, 0.2) is 42.5 Å². The van der Waals surface area contributed by atoms with Crippen molar-refractivity contribution in [2.45, 2.75) is 13.5 Å². The molecule has 0 spiro atoms. The number of nitro groups is 1. The van der Waals surface area contributed by atoms with Crippen molar-refractivity contribution in [2.75, 3.05) is 0 Å². The number of Topliss-reactive ketones (excluding diaryl/α,β-unsaturated/α-hetero) is 1. The second-order valence-electron chi connectivity index (χ2n) is 4.41. The highest BCUT2D eigenvalue weighted by Gasteiger charge is 2.17. The van der Waals surface area contributed by atoms with Crippen molar-refractivity contribution in [3.8, 4) is 5.75 Å². The molecule has 0 radical (unpaired) electrons. The topological polar surface area (TPSA) is 69.4 Å². The maximum atomic E-state index is 11.3. The van der Waals surface area contributed by atoms with Gasteiger partial charge >= 0.3 is 5.69 Å². The van der Waals surface area contributed by atoms with Crippen LogP contribution >= 0.6 is 11.6 Å².